The van der Waals surface area contributed by atoms with Crippen molar-refractivity contribution in [2.45, 2.75) is 19.4 Å². The van der Waals surface area contributed by atoms with Gasteiger partial charge in [0, 0.05) is 0 Å². The highest BCUT2D eigenvalue weighted by atomic mass is 16.5. The summed E-state index contributed by atoms with van der Waals surface area (Å²) in [6.07, 6.45) is 0. The van der Waals surface area contributed by atoms with Gasteiger partial charge in [0.1, 0.15) is 5.75 Å². The molecule has 1 N–H and O–H groups in total. The van der Waals surface area contributed by atoms with Gasteiger partial charge >= 0.3 is 0 Å². The Balaban J connectivity index is 3.02. The molecule has 1 rings (SSSR count). The highest BCUT2D eigenvalue weighted by Crippen LogP contribution is 2.23. The van der Waals surface area contributed by atoms with Crippen LogP contribution in [-0.2, 0) is 5.60 Å². The fraction of sp³-hybridized carbons (Fsp3) is 0.400. The van der Waals surface area contributed by atoms with E-state index >= 15 is 0 Å². The summed E-state index contributed by atoms with van der Waals surface area (Å²) in [5.41, 5.74) is 0.0657. The van der Waals surface area contributed by atoms with Gasteiger partial charge in [-0.25, -0.2) is 0 Å². The molecule has 0 radical (unpaired) electrons. The summed E-state index contributed by atoms with van der Waals surface area (Å²) in [6.45, 7) is 3.50. The van der Waals surface area contributed by atoms with E-state index in [-0.39, 0.29) is 0 Å². The lowest BCUT2D eigenvalue weighted by Crippen LogP contribution is -2.15. The maximum Gasteiger partial charge on any atom is 0.119 e. The Kier molecular flexibility index (Phi) is 2.38. The van der Waals surface area contributed by atoms with Crippen molar-refractivity contribution in [3.63, 3.8) is 0 Å². The molecule has 0 bridgehead atoms. The van der Waals surface area contributed by atoms with E-state index < -0.39 is 5.60 Å². The molecule has 0 fully saturated rings. The summed E-state index contributed by atoms with van der Waals surface area (Å²) in [5, 5.41) is 9.65. The van der Waals surface area contributed by atoms with E-state index in [1.54, 1.807) is 21.0 Å². The molecule has 1 aromatic carbocycles. The lowest BCUT2D eigenvalue weighted by Gasteiger charge is -2.17. The number of ether oxygens (including phenoxy) is 1. The average molecular weight is 166 g/mol. The van der Waals surface area contributed by atoms with Gasteiger partial charge < -0.3 is 9.84 Å². The van der Waals surface area contributed by atoms with Gasteiger partial charge in [-0.2, -0.15) is 0 Å². The fourth-order valence-corrected chi connectivity index (χ4v) is 1.00. The van der Waals surface area contributed by atoms with Crippen molar-refractivity contribution in [2.24, 2.45) is 0 Å². The third-order valence-electron chi connectivity index (χ3n) is 1.78. The number of benzene rings is 1. The molecule has 0 aliphatic rings. The lowest BCUT2D eigenvalue weighted by atomic mass is 9.98. The van der Waals surface area contributed by atoms with Gasteiger partial charge in [-0.1, -0.05) is 12.1 Å². The quantitative estimate of drug-likeness (QED) is 0.727. The van der Waals surface area contributed by atoms with E-state index in [9.17, 15) is 5.11 Å². The first-order valence-corrected chi connectivity index (χ1v) is 3.91. The molecule has 0 aliphatic carbocycles. The van der Waals surface area contributed by atoms with Crippen LogP contribution in [0.5, 0.6) is 5.75 Å². The summed E-state index contributed by atoms with van der Waals surface area (Å²) in [6, 6.07) is 7.43. The molecule has 66 valence electrons. The normalized spacial score (nSPS) is 11.3. The van der Waals surface area contributed by atoms with E-state index in [1.165, 1.54) is 0 Å². The van der Waals surface area contributed by atoms with Gasteiger partial charge in [0.15, 0.2) is 0 Å². The molecule has 0 atom stereocenters. The van der Waals surface area contributed by atoms with Crippen LogP contribution in [0.1, 0.15) is 19.4 Å². The zero-order valence-corrected chi connectivity index (χ0v) is 7.66. The molecule has 0 saturated carbocycles. The molecule has 0 amide bonds. The molecular weight excluding hydrogens is 152 g/mol. The Labute approximate surface area is 72.8 Å². The van der Waals surface area contributed by atoms with Crippen molar-refractivity contribution < 1.29 is 9.84 Å². The highest BCUT2D eigenvalue weighted by molar-refractivity contribution is 5.31. The van der Waals surface area contributed by atoms with Gasteiger partial charge in [-0.05, 0) is 31.5 Å². The largest absolute Gasteiger partial charge is 0.497 e. The summed E-state index contributed by atoms with van der Waals surface area (Å²) in [4.78, 5) is 0. The predicted molar refractivity (Wildman–Crippen MR) is 48.2 cm³/mol. The molecule has 2 heteroatoms. The zero-order chi connectivity index (χ0) is 9.19. The highest BCUT2D eigenvalue weighted by Gasteiger charge is 2.15. The molecule has 0 aromatic heterocycles. The summed E-state index contributed by atoms with van der Waals surface area (Å²) >= 11 is 0. The smallest absolute Gasteiger partial charge is 0.119 e. The SMILES string of the molecule is COc1cccc(C(C)(C)O)c1. The van der Waals surface area contributed by atoms with Gasteiger partial charge in [0.05, 0.1) is 12.7 Å². The first-order chi connectivity index (χ1) is 5.54. The van der Waals surface area contributed by atoms with Crippen LogP contribution in [0.3, 0.4) is 0 Å². The monoisotopic (exact) mass is 166 g/mol. The maximum absolute atomic E-state index is 9.65. The number of hydrogen-bond acceptors (Lipinski definition) is 2. The zero-order valence-electron chi connectivity index (χ0n) is 7.66. The molecule has 0 spiro atoms. The first kappa shape index (κ1) is 9.07. The molecule has 2 nitrogen and oxygen atoms in total. The van der Waals surface area contributed by atoms with Crippen LogP contribution in [0.25, 0.3) is 0 Å². The van der Waals surface area contributed by atoms with E-state index in [0.29, 0.717) is 0 Å². The molecule has 0 saturated heterocycles. The summed E-state index contributed by atoms with van der Waals surface area (Å²) in [5.74, 6) is 0.773. The number of hydrogen-bond donors (Lipinski definition) is 1. The average Bonchev–Trinajstić information content (AvgIpc) is 2.03. The van der Waals surface area contributed by atoms with Gasteiger partial charge in [-0.3, -0.25) is 0 Å². The van der Waals surface area contributed by atoms with E-state index in [1.807, 2.05) is 24.3 Å². The second kappa shape index (κ2) is 3.15. The molecule has 0 heterocycles. The van der Waals surface area contributed by atoms with Crippen LogP contribution in [-0.4, -0.2) is 12.2 Å². The predicted octanol–water partition coefficient (Wildman–Crippen LogP) is 1.92. The Hall–Kier alpha value is -1.02. The summed E-state index contributed by atoms with van der Waals surface area (Å²) < 4.78 is 5.04. The van der Waals surface area contributed by atoms with Crippen molar-refractivity contribution in [3.8, 4) is 5.75 Å². The molecule has 12 heavy (non-hydrogen) atoms. The van der Waals surface area contributed by atoms with Crippen LogP contribution >= 0.6 is 0 Å². The van der Waals surface area contributed by atoms with Crippen LogP contribution in [0.4, 0.5) is 0 Å². The Morgan fingerprint density at radius 2 is 2.00 bits per heavy atom. The Morgan fingerprint density at radius 3 is 2.50 bits per heavy atom. The molecular formula is C10H14O2. The van der Waals surface area contributed by atoms with E-state index in [2.05, 4.69) is 0 Å². The van der Waals surface area contributed by atoms with Crippen LogP contribution in [0.15, 0.2) is 24.3 Å². The molecule has 0 unspecified atom stereocenters. The van der Waals surface area contributed by atoms with Crippen LogP contribution in [0.2, 0.25) is 0 Å². The van der Waals surface area contributed by atoms with Gasteiger partial charge in [0.2, 0.25) is 0 Å². The second-order valence-corrected chi connectivity index (χ2v) is 3.29. The second-order valence-electron chi connectivity index (χ2n) is 3.29. The van der Waals surface area contributed by atoms with Crippen molar-refractivity contribution in [3.05, 3.63) is 29.8 Å². The van der Waals surface area contributed by atoms with Crippen molar-refractivity contribution in [1.29, 1.82) is 0 Å². The third-order valence-corrected chi connectivity index (χ3v) is 1.78. The Morgan fingerprint density at radius 1 is 1.33 bits per heavy atom. The molecule has 1 aromatic rings. The topological polar surface area (TPSA) is 29.5 Å². The first-order valence-electron chi connectivity index (χ1n) is 3.91. The Bertz CT molecular complexity index is 261. The van der Waals surface area contributed by atoms with E-state index in [4.69, 9.17) is 4.74 Å². The minimum Gasteiger partial charge on any atom is -0.497 e. The van der Waals surface area contributed by atoms with Crippen LogP contribution < -0.4 is 4.74 Å². The number of aliphatic hydroxyl groups is 1. The van der Waals surface area contributed by atoms with Gasteiger partial charge in [-0.15, -0.1) is 0 Å². The minimum absolute atomic E-state index is 0.773. The number of methoxy groups -OCH3 is 1. The van der Waals surface area contributed by atoms with Crippen molar-refractivity contribution in [1.82, 2.24) is 0 Å². The number of rotatable bonds is 2. The molecule has 0 aliphatic heterocycles. The van der Waals surface area contributed by atoms with Crippen molar-refractivity contribution >= 4 is 0 Å². The standard InChI is InChI=1S/C10H14O2/c1-10(2,11)8-5-4-6-9(7-8)12-3/h4-7,11H,1-3H3. The fourth-order valence-electron chi connectivity index (χ4n) is 1.00. The summed E-state index contributed by atoms with van der Waals surface area (Å²) in [7, 11) is 1.61. The van der Waals surface area contributed by atoms with Crippen molar-refractivity contribution in [2.75, 3.05) is 7.11 Å². The minimum atomic E-state index is -0.797. The van der Waals surface area contributed by atoms with Gasteiger partial charge in [0.25, 0.3) is 0 Å². The lowest BCUT2D eigenvalue weighted by molar-refractivity contribution is 0.0783. The maximum atomic E-state index is 9.65. The van der Waals surface area contributed by atoms with Crippen LogP contribution in [0, 0.1) is 0 Å². The third kappa shape index (κ3) is 1.98. The van der Waals surface area contributed by atoms with E-state index in [0.717, 1.165) is 11.3 Å².